The van der Waals surface area contributed by atoms with E-state index < -0.39 is 0 Å². The van der Waals surface area contributed by atoms with Crippen LogP contribution in [0.5, 0.6) is 5.75 Å². The zero-order valence-corrected chi connectivity index (χ0v) is 19.2. The summed E-state index contributed by atoms with van der Waals surface area (Å²) in [6, 6.07) is 17.9. The molecule has 0 aliphatic carbocycles. The van der Waals surface area contributed by atoms with Crippen molar-refractivity contribution in [2.45, 2.75) is 12.8 Å². The maximum atomic E-state index is 12.1. The molecule has 2 heterocycles. The zero-order valence-electron chi connectivity index (χ0n) is 18.4. The number of aromatic nitrogens is 2. The fourth-order valence-electron chi connectivity index (χ4n) is 3.77. The number of methoxy groups -OCH3 is 1. The summed E-state index contributed by atoms with van der Waals surface area (Å²) in [6.45, 7) is 5.30. The van der Waals surface area contributed by atoms with Crippen molar-refractivity contribution in [2.75, 3.05) is 51.3 Å². The molecule has 0 bridgehead atoms. The Hall–Kier alpha value is -2.97. The highest BCUT2D eigenvalue weighted by Crippen LogP contribution is 2.21. The predicted octanol–water partition coefficient (Wildman–Crippen LogP) is 2.62. The van der Waals surface area contributed by atoms with Crippen molar-refractivity contribution in [1.29, 1.82) is 0 Å². The number of hydrogen-bond acceptors (Lipinski definition) is 7. The zero-order chi connectivity index (χ0) is 22.2. The molecule has 0 saturated carbocycles. The molecule has 32 heavy (non-hydrogen) atoms. The Bertz CT molecular complexity index is 1000. The average molecular weight is 452 g/mol. The third kappa shape index (κ3) is 6.27. The van der Waals surface area contributed by atoms with Crippen LogP contribution in [0.25, 0.3) is 0 Å². The smallest absolute Gasteiger partial charge is 0.224 e. The van der Waals surface area contributed by atoms with E-state index in [1.165, 1.54) is 11.5 Å². The van der Waals surface area contributed by atoms with Gasteiger partial charge < -0.3 is 15.0 Å². The van der Waals surface area contributed by atoms with Gasteiger partial charge in [-0.25, -0.2) is 4.98 Å². The number of ether oxygens (including phenoxy) is 1. The first-order valence-corrected chi connectivity index (χ1v) is 11.7. The van der Waals surface area contributed by atoms with Gasteiger partial charge >= 0.3 is 0 Å². The van der Waals surface area contributed by atoms with Crippen LogP contribution in [0.4, 0.5) is 5.13 Å². The Morgan fingerprint density at radius 1 is 1.06 bits per heavy atom. The quantitative estimate of drug-likeness (QED) is 0.539. The maximum absolute atomic E-state index is 12.1. The summed E-state index contributed by atoms with van der Waals surface area (Å²) in [6.07, 6.45) is 1.14. The van der Waals surface area contributed by atoms with Crippen LogP contribution in [-0.4, -0.2) is 66.5 Å². The van der Waals surface area contributed by atoms with Crippen LogP contribution in [0, 0.1) is 0 Å². The molecule has 1 N–H and O–H groups in total. The molecule has 1 saturated heterocycles. The van der Waals surface area contributed by atoms with Gasteiger partial charge in [-0.1, -0.05) is 42.5 Å². The highest BCUT2D eigenvalue weighted by atomic mass is 32.1. The van der Waals surface area contributed by atoms with Crippen LogP contribution < -0.4 is 15.0 Å². The molecule has 1 aromatic heterocycles. The SMILES string of the molecule is COc1cccc(Cc2nsc(N3CCN(CCNC(=O)Cc4ccccc4)CC3)n2)c1. The van der Waals surface area contributed by atoms with E-state index >= 15 is 0 Å². The molecule has 1 amide bonds. The predicted molar refractivity (Wildman–Crippen MR) is 128 cm³/mol. The Balaban J connectivity index is 1.18. The van der Waals surface area contributed by atoms with E-state index in [-0.39, 0.29) is 5.91 Å². The first-order valence-electron chi connectivity index (χ1n) is 10.9. The number of nitrogens with zero attached hydrogens (tertiary/aromatic N) is 4. The molecule has 8 heteroatoms. The lowest BCUT2D eigenvalue weighted by Gasteiger charge is -2.34. The molecule has 1 aliphatic rings. The molecule has 3 aromatic rings. The van der Waals surface area contributed by atoms with Gasteiger partial charge in [0.25, 0.3) is 0 Å². The highest BCUT2D eigenvalue weighted by molar-refractivity contribution is 7.09. The van der Waals surface area contributed by atoms with Gasteiger partial charge in [-0.2, -0.15) is 4.37 Å². The minimum absolute atomic E-state index is 0.0762. The number of amides is 1. The van der Waals surface area contributed by atoms with Crippen molar-refractivity contribution in [3.8, 4) is 5.75 Å². The van der Waals surface area contributed by atoms with Gasteiger partial charge in [-0.05, 0) is 23.3 Å². The molecule has 0 spiro atoms. The van der Waals surface area contributed by atoms with E-state index in [4.69, 9.17) is 9.72 Å². The summed E-state index contributed by atoms with van der Waals surface area (Å²) in [5.41, 5.74) is 2.19. The Labute approximate surface area is 193 Å². The fourth-order valence-corrected chi connectivity index (χ4v) is 4.51. The van der Waals surface area contributed by atoms with Crippen molar-refractivity contribution < 1.29 is 9.53 Å². The fraction of sp³-hybridized carbons (Fsp3) is 0.375. The third-order valence-electron chi connectivity index (χ3n) is 5.55. The van der Waals surface area contributed by atoms with Crippen molar-refractivity contribution >= 4 is 22.6 Å². The minimum atomic E-state index is 0.0762. The molecule has 7 nitrogen and oxygen atoms in total. The number of piperazine rings is 1. The molecule has 4 rings (SSSR count). The molecule has 1 fully saturated rings. The Morgan fingerprint density at radius 3 is 2.62 bits per heavy atom. The van der Waals surface area contributed by atoms with E-state index in [1.807, 2.05) is 48.5 Å². The van der Waals surface area contributed by atoms with Gasteiger partial charge in [-0.15, -0.1) is 0 Å². The monoisotopic (exact) mass is 451 g/mol. The summed E-state index contributed by atoms with van der Waals surface area (Å²) in [4.78, 5) is 21.5. The molecular weight excluding hydrogens is 422 g/mol. The second-order valence-electron chi connectivity index (χ2n) is 7.86. The summed E-state index contributed by atoms with van der Waals surface area (Å²) < 4.78 is 9.85. The van der Waals surface area contributed by atoms with Crippen LogP contribution >= 0.6 is 11.5 Å². The standard InChI is InChI=1S/C24H29N5O2S/c1-31-21-9-5-8-20(16-21)17-22-26-24(32-27-22)29-14-12-28(13-15-29)11-10-25-23(30)18-19-6-3-2-4-7-19/h2-9,16H,10-15,17-18H2,1H3,(H,25,30). The maximum Gasteiger partial charge on any atom is 0.224 e. The van der Waals surface area contributed by atoms with Crippen LogP contribution in [0.1, 0.15) is 17.0 Å². The van der Waals surface area contributed by atoms with Crippen LogP contribution in [0.3, 0.4) is 0 Å². The summed E-state index contributed by atoms with van der Waals surface area (Å²) in [7, 11) is 1.68. The number of rotatable bonds is 9. The third-order valence-corrected chi connectivity index (χ3v) is 6.37. The number of carbonyl (C=O) groups excluding carboxylic acids is 1. The van der Waals surface area contributed by atoms with E-state index in [1.54, 1.807) is 7.11 Å². The summed E-state index contributed by atoms with van der Waals surface area (Å²) in [5.74, 6) is 1.78. The van der Waals surface area contributed by atoms with Crippen molar-refractivity contribution in [3.63, 3.8) is 0 Å². The van der Waals surface area contributed by atoms with Crippen LogP contribution in [0.15, 0.2) is 54.6 Å². The van der Waals surface area contributed by atoms with Gasteiger partial charge in [0.2, 0.25) is 11.0 Å². The van der Waals surface area contributed by atoms with Crippen LogP contribution in [0.2, 0.25) is 0 Å². The molecule has 1 aliphatic heterocycles. The number of anilines is 1. The lowest BCUT2D eigenvalue weighted by Crippen LogP contribution is -2.48. The lowest BCUT2D eigenvalue weighted by atomic mass is 10.1. The molecule has 2 aromatic carbocycles. The molecule has 0 radical (unpaired) electrons. The second kappa shape index (κ2) is 11.1. The lowest BCUT2D eigenvalue weighted by molar-refractivity contribution is -0.120. The highest BCUT2D eigenvalue weighted by Gasteiger charge is 2.20. The Morgan fingerprint density at radius 2 is 1.84 bits per heavy atom. The second-order valence-corrected chi connectivity index (χ2v) is 8.59. The van der Waals surface area contributed by atoms with Gasteiger partial charge in [0.05, 0.1) is 13.5 Å². The van der Waals surface area contributed by atoms with Crippen LogP contribution in [-0.2, 0) is 17.6 Å². The van der Waals surface area contributed by atoms with Crippen molar-refractivity contribution in [1.82, 2.24) is 19.6 Å². The number of nitrogens with one attached hydrogen (secondary N) is 1. The van der Waals surface area contributed by atoms with Crippen molar-refractivity contribution in [3.05, 3.63) is 71.5 Å². The van der Waals surface area contributed by atoms with E-state index in [2.05, 4.69) is 25.6 Å². The molecule has 0 unspecified atom stereocenters. The average Bonchev–Trinajstić information content (AvgIpc) is 3.29. The number of hydrogen-bond donors (Lipinski definition) is 1. The Kier molecular flexibility index (Phi) is 7.68. The largest absolute Gasteiger partial charge is 0.497 e. The van der Waals surface area contributed by atoms with E-state index in [0.29, 0.717) is 19.4 Å². The van der Waals surface area contributed by atoms with E-state index in [0.717, 1.165) is 60.6 Å². The van der Waals surface area contributed by atoms with Gasteiger partial charge in [0.1, 0.15) is 11.6 Å². The first kappa shape index (κ1) is 22.2. The first-order chi connectivity index (χ1) is 15.7. The minimum Gasteiger partial charge on any atom is -0.497 e. The van der Waals surface area contributed by atoms with Gasteiger partial charge in [-0.3, -0.25) is 9.69 Å². The normalized spacial score (nSPS) is 14.3. The van der Waals surface area contributed by atoms with E-state index in [9.17, 15) is 4.79 Å². The van der Waals surface area contributed by atoms with Gasteiger partial charge in [0, 0.05) is 57.2 Å². The molecular formula is C24H29N5O2S. The summed E-state index contributed by atoms with van der Waals surface area (Å²) in [5, 5.41) is 4.02. The number of benzene rings is 2. The molecule has 168 valence electrons. The van der Waals surface area contributed by atoms with Gasteiger partial charge in [0.15, 0.2) is 0 Å². The topological polar surface area (TPSA) is 70.6 Å². The number of carbonyl (C=O) groups is 1. The summed E-state index contributed by atoms with van der Waals surface area (Å²) >= 11 is 1.47. The molecule has 0 atom stereocenters. The van der Waals surface area contributed by atoms with Crippen molar-refractivity contribution in [2.24, 2.45) is 0 Å².